The third-order valence-electron chi connectivity index (χ3n) is 3.71. The van der Waals surface area contributed by atoms with Crippen molar-refractivity contribution in [3.05, 3.63) is 18.0 Å². The van der Waals surface area contributed by atoms with Crippen LogP contribution in [0.1, 0.15) is 24.8 Å². The fraction of sp³-hybridized carbons (Fsp3) is 0.714. The molecule has 6 heteroatoms. The van der Waals surface area contributed by atoms with Crippen LogP contribution in [0.5, 0.6) is 0 Å². The van der Waals surface area contributed by atoms with Gasteiger partial charge in [0.15, 0.2) is 0 Å². The maximum Gasteiger partial charge on any atom is 0.222 e. The standard InChI is InChI=1S/C14H24N4O2/c1-17(2)10-14(20)6-7-18(11-14)13(19)5-3-4-12-8-15-16-9-12/h8-9,20H,3-7,10-11H2,1-2H3,(H,15,16). The van der Waals surface area contributed by atoms with Gasteiger partial charge in [-0.3, -0.25) is 9.89 Å². The molecule has 1 aliphatic rings. The van der Waals surface area contributed by atoms with Crippen molar-refractivity contribution in [2.75, 3.05) is 33.7 Å². The Kier molecular flexibility index (Phi) is 4.77. The van der Waals surface area contributed by atoms with Gasteiger partial charge in [0.2, 0.25) is 5.91 Å². The zero-order valence-corrected chi connectivity index (χ0v) is 12.3. The SMILES string of the molecule is CN(C)CC1(O)CCN(C(=O)CCCc2cn[nH]c2)C1. The average Bonchev–Trinajstić information content (AvgIpc) is 2.98. The van der Waals surface area contributed by atoms with Crippen molar-refractivity contribution in [2.45, 2.75) is 31.3 Å². The lowest BCUT2D eigenvalue weighted by Gasteiger charge is -2.26. The summed E-state index contributed by atoms with van der Waals surface area (Å²) in [5.74, 6) is 0.142. The predicted molar refractivity (Wildman–Crippen MR) is 76.2 cm³/mol. The number of rotatable bonds is 6. The number of nitrogens with zero attached hydrogens (tertiary/aromatic N) is 3. The van der Waals surface area contributed by atoms with Crippen LogP contribution in [-0.4, -0.2) is 70.3 Å². The monoisotopic (exact) mass is 280 g/mol. The second-order valence-electron chi connectivity index (χ2n) is 5.99. The summed E-state index contributed by atoms with van der Waals surface area (Å²) in [5.41, 5.74) is 0.382. The summed E-state index contributed by atoms with van der Waals surface area (Å²) in [4.78, 5) is 15.9. The number of hydrogen-bond donors (Lipinski definition) is 2. The smallest absolute Gasteiger partial charge is 0.222 e. The van der Waals surface area contributed by atoms with Crippen LogP contribution >= 0.6 is 0 Å². The van der Waals surface area contributed by atoms with Gasteiger partial charge in [-0.1, -0.05) is 0 Å². The molecule has 2 N–H and O–H groups in total. The molecule has 1 unspecified atom stereocenters. The molecule has 20 heavy (non-hydrogen) atoms. The molecule has 1 saturated heterocycles. The van der Waals surface area contributed by atoms with E-state index in [1.165, 1.54) is 0 Å². The quantitative estimate of drug-likeness (QED) is 0.784. The lowest BCUT2D eigenvalue weighted by atomic mass is 10.0. The summed E-state index contributed by atoms with van der Waals surface area (Å²) in [7, 11) is 3.88. The molecule has 0 radical (unpaired) electrons. The molecular formula is C14H24N4O2. The highest BCUT2D eigenvalue weighted by Gasteiger charge is 2.38. The van der Waals surface area contributed by atoms with E-state index in [1.54, 1.807) is 11.1 Å². The number of carbonyl (C=O) groups excluding carboxylic acids is 1. The first-order valence-electron chi connectivity index (χ1n) is 7.11. The van der Waals surface area contributed by atoms with Gasteiger partial charge in [0.25, 0.3) is 0 Å². The number of nitrogens with one attached hydrogen (secondary N) is 1. The molecular weight excluding hydrogens is 256 g/mol. The first kappa shape index (κ1) is 15.0. The molecule has 1 aromatic rings. The Bertz CT molecular complexity index is 432. The first-order chi connectivity index (χ1) is 9.48. The zero-order valence-electron chi connectivity index (χ0n) is 12.3. The number of aromatic amines is 1. The van der Waals surface area contributed by atoms with E-state index >= 15 is 0 Å². The highest BCUT2D eigenvalue weighted by atomic mass is 16.3. The number of aromatic nitrogens is 2. The van der Waals surface area contributed by atoms with Crippen LogP contribution in [0.15, 0.2) is 12.4 Å². The van der Waals surface area contributed by atoms with Crippen molar-refractivity contribution in [1.29, 1.82) is 0 Å². The number of likely N-dealkylation sites (tertiary alicyclic amines) is 1. The van der Waals surface area contributed by atoms with E-state index in [-0.39, 0.29) is 5.91 Å². The number of likely N-dealkylation sites (N-methyl/N-ethyl adjacent to an activating group) is 1. The molecule has 0 aliphatic carbocycles. The molecule has 1 amide bonds. The molecule has 0 bridgehead atoms. The fourth-order valence-electron chi connectivity index (χ4n) is 2.80. The molecule has 0 saturated carbocycles. The lowest BCUT2D eigenvalue weighted by Crippen LogP contribution is -2.43. The summed E-state index contributed by atoms with van der Waals surface area (Å²) >= 11 is 0. The summed E-state index contributed by atoms with van der Waals surface area (Å²) in [6.07, 6.45) is 6.52. The van der Waals surface area contributed by atoms with Crippen LogP contribution in [0, 0.1) is 0 Å². The van der Waals surface area contributed by atoms with Crippen molar-refractivity contribution in [2.24, 2.45) is 0 Å². The topological polar surface area (TPSA) is 72.5 Å². The van der Waals surface area contributed by atoms with E-state index in [9.17, 15) is 9.90 Å². The number of β-amino-alcohol motifs (C(OH)–C–C–N with tert-alkyl or cyclic N) is 1. The maximum absolute atomic E-state index is 12.1. The van der Waals surface area contributed by atoms with Crippen LogP contribution in [0.3, 0.4) is 0 Å². The highest BCUT2D eigenvalue weighted by molar-refractivity contribution is 5.76. The Morgan fingerprint density at radius 1 is 1.60 bits per heavy atom. The molecule has 6 nitrogen and oxygen atoms in total. The van der Waals surface area contributed by atoms with Crippen LogP contribution in [0.25, 0.3) is 0 Å². The van der Waals surface area contributed by atoms with Gasteiger partial charge in [-0.25, -0.2) is 0 Å². The average molecular weight is 280 g/mol. The van der Waals surface area contributed by atoms with Crippen molar-refractivity contribution in [3.63, 3.8) is 0 Å². The molecule has 1 fully saturated rings. The second kappa shape index (κ2) is 6.37. The van der Waals surface area contributed by atoms with E-state index < -0.39 is 5.60 Å². The summed E-state index contributed by atoms with van der Waals surface area (Å²) in [5, 5.41) is 17.1. The molecule has 1 aliphatic heterocycles. The predicted octanol–water partition coefficient (Wildman–Crippen LogP) is 0.257. The van der Waals surface area contributed by atoms with Gasteiger partial charge in [0.1, 0.15) is 0 Å². The third kappa shape index (κ3) is 4.05. The second-order valence-corrected chi connectivity index (χ2v) is 5.99. The van der Waals surface area contributed by atoms with E-state index in [1.807, 2.05) is 25.2 Å². The van der Waals surface area contributed by atoms with Gasteiger partial charge in [0.05, 0.1) is 18.3 Å². The normalized spacial score (nSPS) is 22.7. The van der Waals surface area contributed by atoms with Crippen LogP contribution in [0.4, 0.5) is 0 Å². The molecule has 1 atom stereocenters. The molecule has 0 spiro atoms. The van der Waals surface area contributed by atoms with Gasteiger partial charge in [-0.15, -0.1) is 0 Å². The molecule has 1 aromatic heterocycles. The Balaban J connectivity index is 1.74. The number of carbonyl (C=O) groups is 1. The van der Waals surface area contributed by atoms with Crippen LogP contribution < -0.4 is 0 Å². The fourth-order valence-corrected chi connectivity index (χ4v) is 2.80. The van der Waals surface area contributed by atoms with Crippen molar-refractivity contribution in [3.8, 4) is 0 Å². The van der Waals surface area contributed by atoms with Crippen molar-refractivity contribution in [1.82, 2.24) is 20.0 Å². The Morgan fingerprint density at radius 3 is 3.05 bits per heavy atom. The van der Waals surface area contributed by atoms with Crippen LogP contribution in [-0.2, 0) is 11.2 Å². The summed E-state index contributed by atoms with van der Waals surface area (Å²) in [6.45, 7) is 1.72. The molecule has 2 heterocycles. The van der Waals surface area contributed by atoms with Crippen molar-refractivity contribution >= 4 is 5.91 Å². The largest absolute Gasteiger partial charge is 0.387 e. The summed E-state index contributed by atoms with van der Waals surface area (Å²) in [6, 6.07) is 0. The van der Waals surface area contributed by atoms with Gasteiger partial charge >= 0.3 is 0 Å². The Morgan fingerprint density at radius 2 is 2.40 bits per heavy atom. The van der Waals surface area contributed by atoms with Gasteiger partial charge in [-0.2, -0.15) is 5.10 Å². The van der Waals surface area contributed by atoms with Crippen molar-refractivity contribution < 1.29 is 9.90 Å². The van der Waals surface area contributed by atoms with E-state index in [4.69, 9.17) is 0 Å². The molecule has 2 rings (SSSR count). The first-order valence-corrected chi connectivity index (χ1v) is 7.11. The molecule has 112 valence electrons. The van der Waals surface area contributed by atoms with Gasteiger partial charge in [-0.05, 0) is 38.9 Å². The summed E-state index contributed by atoms with van der Waals surface area (Å²) < 4.78 is 0. The van der Waals surface area contributed by atoms with E-state index in [2.05, 4.69) is 10.2 Å². The van der Waals surface area contributed by atoms with E-state index in [0.717, 1.165) is 18.4 Å². The Labute approximate surface area is 119 Å². The lowest BCUT2D eigenvalue weighted by molar-refractivity contribution is -0.131. The number of aliphatic hydroxyl groups is 1. The minimum Gasteiger partial charge on any atom is -0.387 e. The van der Waals surface area contributed by atoms with E-state index in [0.29, 0.717) is 32.5 Å². The van der Waals surface area contributed by atoms with Gasteiger partial charge < -0.3 is 14.9 Å². The number of H-pyrrole nitrogens is 1. The third-order valence-corrected chi connectivity index (χ3v) is 3.71. The number of amides is 1. The van der Waals surface area contributed by atoms with Crippen LogP contribution in [0.2, 0.25) is 0 Å². The van der Waals surface area contributed by atoms with Gasteiger partial charge in [0, 0.05) is 25.7 Å². The highest BCUT2D eigenvalue weighted by Crippen LogP contribution is 2.22. The maximum atomic E-state index is 12.1. The minimum atomic E-state index is -0.746. The number of aryl methyl sites for hydroxylation is 1. The molecule has 0 aromatic carbocycles. The number of hydrogen-bond acceptors (Lipinski definition) is 4. The Hall–Kier alpha value is -1.40. The minimum absolute atomic E-state index is 0.142. The zero-order chi connectivity index (χ0) is 14.6.